The zero-order chi connectivity index (χ0) is 13.3. The Labute approximate surface area is 110 Å². The van der Waals surface area contributed by atoms with Crippen molar-refractivity contribution < 1.29 is 4.74 Å². The highest BCUT2D eigenvalue weighted by Crippen LogP contribution is 2.35. The van der Waals surface area contributed by atoms with Crippen molar-refractivity contribution in [2.45, 2.75) is 38.8 Å². The summed E-state index contributed by atoms with van der Waals surface area (Å²) in [5.74, 6) is 0. The molecule has 2 unspecified atom stereocenters. The van der Waals surface area contributed by atoms with Crippen LogP contribution in [0.5, 0.6) is 0 Å². The van der Waals surface area contributed by atoms with E-state index in [-0.39, 0.29) is 11.6 Å². The minimum absolute atomic E-state index is 0.0694. The van der Waals surface area contributed by atoms with Crippen LogP contribution in [0.15, 0.2) is 18.2 Å². The van der Waals surface area contributed by atoms with E-state index in [4.69, 9.17) is 10.5 Å². The van der Waals surface area contributed by atoms with Crippen LogP contribution in [0.2, 0.25) is 0 Å². The molecule has 1 saturated heterocycles. The average Bonchev–Trinajstić information content (AvgIpc) is 2.71. The van der Waals surface area contributed by atoms with E-state index >= 15 is 0 Å². The molecule has 1 fully saturated rings. The van der Waals surface area contributed by atoms with Crippen molar-refractivity contribution >= 4 is 5.69 Å². The summed E-state index contributed by atoms with van der Waals surface area (Å²) in [5.41, 5.74) is 9.83. The molecule has 3 heteroatoms. The van der Waals surface area contributed by atoms with Gasteiger partial charge >= 0.3 is 0 Å². The number of anilines is 1. The molecule has 100 valence electrons. The van der Waals surface area contributed by atoms with E-state index in [1.807, 2.05) is 0 Å². The molecule has 1 heterocycles. The zero-order valence-corrected chi connectivity index (χ0v) is 11.9. The SMILES string of the molecule is Cc1ccc(N(C)C2(CN)CCOC2C)c(C)c1. The van der Waals surface area contributed by atoms with Crippen molar-refractivity contribution in [1.29, 1.82) is 0 Å². The lowest BCUT2D eigenvalue weighted by atomic mass is 9.89. The Morgan fingerprint density at radius 1 is 1.44 bits per heavy atom. The van der Waals surface area contributed by atoms with Crippen LogP contribution in [-0.2, 0) is 4.74 Å². The number of hydrogen-bond acceptors (Lipinski definition) is 3. The van der Waals surface area contributed by atoms with Gasteiger partial charge in [-0.1, -0.05) is 17.7 Å². The fourth-order valence-corrected chi connectivity index (χ4v) is 3.04. The summed E-state index contributed by atoms with van der Waals surface area (Å²) in [4.78, 5) is 2.32. The van der Waals surface area contributed by atoms with Crippen molar-refractivity contribution in [2.24, 2.45) is 5.73 Å². The van der Waals surface area contributed by atoms with Gasteiger partial charge in [0.2, 0.25) is 0 Å². The maximum atomic E-state index is 6.06. The van der Waals surface area contributed by atoms with Crippen LogP contribution in [0.3, 0.4) is 0 Å². The van der Waals surface area contributed by atoms with Crippen LogP contribution in [0.25, 0.3) is 0 Å². The van der Waals surface area contributed by atoms with Gasteiger partial charge in [0, 0.05) is 25.9 Å². The van der Waals surface area contributed by atoms with Crippen molar-refractivity contribution in [3.05, 3.63) is 29.3 Å². The monoisotopic (exact) mass is 248 g/mol. The average molecular weight is 248 g/mol. The van der Waals surface area contributed by atoms with Crippen molar-refractivity contribution in [1.82, 2.24) is 0 Å². The first kappa shape index (κ1) is 13.4. The summed E-state index contributed by atoms with van der Waals surface area (Å²) >= 11 is 0. The zero-order valence-electron chi connectivity index (χ0n) is 11.9. The summed E-state index contributed by atoms with van der Waals surface area (Å²) in [6, 6.07) is 6.56. The molecule has 0 amide bonds. The maximum Gasteiger partial charge on any atom is 0.0800 e. The Hall–Kier alpha value is -1.06. The number of aryl methyl sites for hydroxylation is 2. The largest absolute Gasteiger partial charge is 0.376 e. The molecule has 3 nitrogen and oxygen atoms in total. The standard InChI is InChI=1S/C15H24N2O/c1-11-5-6-14(12(2)9-11)17(4)15(10-16)7-8-18-13(15)3/h5-6,9,13H,7-8,10,16H2,1-4H3. The molecule has 0 aromatic heterocycles. The van der Waals surface area contributed by atoms with Crippen LogP contribution < -0.4 is 10.6 Å². The second-order valence-corrected chi connectivity index (χ2v) is 5.42. The molecule has 2 atom stereocenters. The lowest BCUT2D eigenvalue weighted by Gasteiger charge is -2.42. The normalized spacial score (nSPS) is 27.5. The van der Waals surface area contributed by atoms with E-state index < -0.39 is 0 Å². The minimum atomic E-state index is -0.0694. The van der Waals surface area contributed by atoms with Gasteiger partial charge in [-0.25, -0.2) is 0 Å². The summed E-state index contributed by atoms with van der Waals surface area (Å²) in [6.45, 7) is 7.83. The van der Waals surface area contributed by atoms with Gasteiger partial charge in [0.25, 0.3) is 0 Å². The summed E-state index contributed by atoms with van der Waals surface area (Å²) in [5, 5.41) is 0. The van der Waals surface area contributed by atoms with Gasteiger partial charge < -0.3 is 15.4 Å². The van der Waals surface area contributed by atoms with Gasteiger partial charge in [-0.15, -0.1) is 0 Å². The highest BCUT2D eigenvalue weighted by Gasteiger charge is 2.44. The number of ether oxygens (including phenoxy) is 1. The van der Waals surface area contributed by atoms with Gasteiger partial charge in [-0.2, -0.15) is 0 Å². The van der Waals surface area contributed by atoms with E-state index in [0.29, 0.717) is 6.54 Å². The van der Waals surface area contributed by atoms with Gasteiger partial charge in [0.05, 0.1) is 11.6 Å². The molecule has 0 spiro atoms. The minimum Gasteiger partial charge on any atom is -0.376 e. The fourth-order valence-electron chi connectivity index (χ4n) is 3.04. The Morgan fingerprint density at radius 3 is 2.67 bits per heavy atom. The second-order valence-electron chi connectivity index (χ2n) is 5.42. The number of nitrogens with two attached hydrogens (primary N) is 1. The van der Waals surface area contributed by atoms with Crippen LogP contribution in [0, 0.1) is 13.8 Å². The first-order valence-corrected chi connectivity index (χ1v) is 6.64. The Kier molecular flexibility index (Phi) is 3.64. The molecule has 1 aromatic carbocycles. The van der Waals surface area contributed by atoms with Gasteiger partial charge in [0.15, 0.2) is 0 Å². The Bertz CT molecular complexity index is 433. The molecule has 0 radical (unpaired) electrons. The van der Waals surface area contributed by atoms with Gasteiger partial charge in [-0.3, -0.25) is 0 Å². The summed E-state index contributed by atoms with van der Waals surface area (Å²) in [7, 11) is 2.13. The predicted molar refractivity (Wildman–Crippen MR) is 76.1 cm³/mol. The number of hydrogen-bond donors (Lipinski definition) is 1. The number of likely N-dealkylation sites (N-methyl/N-ethyl adjacent to an activating group) is 1. The number of nitrogens with zero attached hydrogens (tertiary/aromatic N) is 1. The van der Waals surface area contributed by atoms with Crippen molar-refractivity contribution in [3.8, 4) is 0 Å². The molecular weight excluding hydrogens is 224 g/mol. The summed E-state index contributed by atoms with van der Waals surface area (Å²) < 4.78 is 5.74. The maximum absolute atomic E-state index is 6.06. The van der Waals surface area contributed by atoms with E-state index in [9.17, 15) is 0 Å². The summed E-state index contributed by atoms with van der Waals surface area (Å²) in [6.07, 6.45) is 1.17. The molecule has 2 N–H and O–H groups in total. The molecule has 0 aliphatic carbocycles. The Balaban J connectivity index is 2.37. The van der Waals surface area contributed by atoms with Crippen LogP contribution in [0.1, 0.15) is 24.5 Å². The third-order valence-corrected chi connectivity index (χ3v) is 4.39. The molecule has 0 bridgehead atoms. The highest BCUT2D eigenvalue weighted by molar-refractivity contribution is 5.56. The van der Waals surface area contributed by atoms with Crippen molar-refractivity contribution in [2.75, 3.05) is 25.1 Å². The number of rotatable bonds is 3. The van der Waals surface area contributed by atoms with Crippen molar-refractivity contribution in [3.63, 3.8) is 0 Å². The first-order chi connectivity index (χ1) is 8.51. The second kappa shape index (κ2) is 4.90. The van der Waals surface area contributed by atoms with Crippen LogP contribution in [-0.4, -0.2) is 31.8 Å². The quantitative estimate of drug-likeness (QED) is 0.891. The first-order valence-electron chi connectivity index (χ1n) is 6.64. The fraction of sp³-hybridized carbons (Fsp3) is 0.600. The molecule has 2 rings (SSSR count). The lowest BCUT2D eigenvalue weighted by molar-refractivity contribution is 0.0961. The lowest BCUT2D eigenvalue weighted by Crippen LogP contribution is -2.57. The van der Waals surface area contributed by atoms with Gasteiger partial charge in [0.1, 0.15) is 0 Å². The van der Waals surface area contributed by atoms with E-state index in [1.54, 1.807) is 0 Å². The molecule has 0 saturated carbocycles. The third-order valence-electron chi connectivity index (χ3n) is 4.39. The molecule has 18 heavy (non-hydrogen) atoms. The molecular formula is C15H24N2O. The number of benzene rings is 1. The Morgan fingerprint density at radius 2 is 2.17 bits per heavy atom. The van der Waals surface area contributed by atoms with E-state index in [0.717, 1.165) is 13.0 Å². The van der Waals surface area contributed by atoms with Crippen LogP contribution in [0.4, 0.5) is 5.69 Å². The van der Waals surface area contributed by atoms with E-state index in [1.165, 1.54) is 16.8 Å². The van der Waals surface area contributed by atoms with E-state index in [2.05, 4.69) is 50.9 Å². The highest BCUT2D eigenvalue weighted by atomic mass is 16.5. The topological polar surface area (TPSA) is 38.5 Å². The predicted octanol–water partition coefficient (Wildman–Crippen LogP) is 2.25. The molecule has 1 aromatic rings. The van der Waals surface area contributed by atoms with Gasteiger partial charge in [-0.05, 0) is 38.8 Å². The molecule has 1 aliphatic heterocycles. The smallest absolute Gasteiger partial charge is 0.0800 e. The molecule has 1 aliphatic rings. The van der Waals surface area contributed by atoms with Crippen LogP contribution >= 0.6 is 0 Å². The third kappa shape index (κ3) is 2.02.